The van der Waals surface area contributed by atoms with E-state index < -0.39 is 5.91 Å². The Morgan fingerprint density at radius 2 is 1.93 bits per heavy atom. The van der Waals surface area contributed by atoms with E-state index in [1.807, 2.05) is 30.3 Å². The predicted molar refractivity (Wildman–Crippen MR) is 103 cm³/mol. The van der Waals surface area contributed by atoms with Crippen molar-refractivity contribution in [3.8, 4) is 5.75 Å². The number of benzene rings is 1. The summed E-state index contributed by atoms with van der Waals surface area (Å²) < 4.78 is 6.82. The van der Waals surface area contributed by atoms with E-state index in [9.17, 15) is 14.4 Å². The Bertz CT molecular complexity index is 881. The number of hydrogen-bond acceptors (Lipinski definition) is 5. The van der Waals surface area contributed by atoms with Gasteiger partial charge in [-0.15, -0.1) is 0 Å². The van der Waals surface area contributed by atoms with Crippen LogP contribution in [0.5, 0.6) is 5.75 Å². The summed E-state index contributed by atoms with van der Waals surface area (Å²) in [6.45, 7) is 1.02. The van der Waals surface area contributed by atoms with E-state index in [2.05, 4.69) is 5.10 Å². The number of rotatable bonds is 7. The summed E-state index contributed by atoms with van der Waals surface area (Å²) in [6.07, 6.45) is 2.69. The first-order valence-electron chi connectivity index (χ1n) is 9.40. The molecule has 28 heavy (non-hydrogen) atoms. The molecule has 2 heterocycles. The topological polar surface area (TPSA) is 108 Å². The Balaban J connectivity index is 1.69. The number of carbonyl (C=O) groups is 2. The molecular weight excluding hydrogens is 360 g/mol. The molecule has 148 valence electrons. The minimum atomic E-state index is -0.430. The lowest BCUT2D eigenvalue weighted by atomic mass is 9.98. The van der Waals surface area contributed by atoms with E-state index in [1.54, 1.807) is 4.90 Å². The molecule has 0 radical (unpaired) electrons. The summed E-state index contributed by atoms with van der Waals surface area (Å²) in [4.78, 5) is 38.0. The monoisotopic (exact) mass is 384 g/mol. The molecule has 8 heteroatoms. The van der Waals surface area contributed by atoms with Crippen molar-refractivity contribution in [3.05, 3.63) is 58.5 Å². The third-order valence-electron chi connectivity index (χ3n) is 4.73. The van der Waals surface area contributed by atoms with Crippen LogP contribution in [0.3, 0.4) is 0 Å². The zero-order chi connectivity index (χ0) is 19.9. The summed E-state index contributed by atoms with van der Waals surface area (Å²) in [5, 5.41) is 4.21. The van der Waals surface area contributed by atoms with E-state index in [1.165, 1.54) is 16.8 Å². The number of hydrogen-bond donors (Lipinski definition) is 1. The summed E-state index contributed by atoms with van der Waals surface area (Å²) in [5.41, 5.74) is 5.19. The third kappa shape index (κ3) is 4.97. The number of nitrogens with two attached hydrogens (primary N) is 1. The highest BCUT2D eigenvalue weighted by Gasteiger charge is 2.29. The van der Waals surface area contributed by atoms with Gasteiger partial charge in [-0.1, -0.05) is 18.2 Å². The maximum atomic E-state index is 12.9. The molecule has 0 bridgehead atoms. The van der Waals surface area contributed by atoms with Crippen molar-refractivity contribution in [3.63, 3.8) is 0 Å². The second-order valence-electron chi connectivity index (χ2n) is 6.76. The van der Waals surface area contributed by atoms with Gasteiger partial charge in [-0.3, -0.25) is 14.4 Å². The van der Waals surface area contributed by atoms with Gasteiger partial charge in [-0.2, -0.15) is 5.10 Å². The molecule has 2 aromatic rings. The average molecular weight is 384 g/mol. The smallest absolute Gasteiger partial charge is 0.274 e. The number of para-hydroxylation sites is 1. The van der Waals surface area contributed by atoms with Crippen molar-refractivity contribution in [2.24, 2.45) is 5.73 Å². The van der Waals surface area contributed by atoms with E-state index >= 15 is 0 Å². The maximum Gasteiger partial charge on any atom is 0.274 e. The lowest BCUT2D eigenvalue weighted by Crippen LogP contribution is -2.46. The predicted octanol–water partition coefficient (Wildman–Crippen LogP) is 1.19. The number of amides is 2. The van der Waals surface area contributed by atoms with Gasteiger partial charge in [-0.05, 0) is 37.5 Å². The molecular formula is C20H24N4O4. The molecule has 1 aliphatic heterocycles. The number of likely N-dealkylation sites (tertiary alicyclic amines) is 1. The van der Waals surface area contributed by atoms with E-state index in [0.717, 1.165) is 19.3 Å². The molecule has 1 fully saturated rings. The van der Waals surface area contributed by atoms with E-state index in [-0.39, 0.29) is 42.8 Å². The van der Waals surface area contributed by atoms with Gasteiger partial charge in [0, 0.05) is 25.1 Å². The van der Waals surface area contributed by atoms with Crippen LogP contribution in [0, 0.1) is 0 Å². The molecule has 1 aromatic carbocycles. The fraction of sp³-hybridized carbons (Fsp3) is 0.400. The maximum absolute atomic E-state index is 12.9. The summed E-state index contributed by atoms with van der Waals surface area (Å²) >= 11 is 0. The van der Waals surface area contributed by atoms with E-state index in [0.29, 0.717) is 12.3 Å². The number of piperidine rings is 1. The van der Waals surface area contributed by atoms with Gasteiger partial charge >= 0.3 is 0 Å². The lowest BCUT2D eigenvalue weighted by Gasteiger charge is -2.35. The van der Waals surface area contributed by atoms with Gasteiger partial charge in [-0.25, -0.2) is 4.68 Å². The number of nitrogens with zero attached hydrogens (tertiary/aromatic N) is 3. The Kier molecular flexibility index (Phi) is 6.41. The Labute approximate surface area is 162 Å². The molecule has 0 saturated carbocycles. The molecule has 2 N–H and O–H groups in total. The van der Waals surface area contributed by atoms with Gasteiger partial charge in [0.2, 0.25) is 5.91 Å². The standard InChI is InChI=1S/C20H24N4O4/c21-18(25)14-15-6-4-5-11-23(15)20(27)17-9-10-19(26)24(22-17)12-13-28-16-7-2-1-3-8-16/h1-3,7-10,15H,4-6,11-14H2,(H2,21,25). The van der Waals surface area contributed by atoms with Crippen LogP contribution in [0.2, 0.25) is 0 Å². The van der Waals surface area contributed by atoms with Gasteiger partial charge < -0.3 is 15.4 Å². The summed E-state index contributed by atoms with van der Waals surface area (Å²) in [5.74, 6) is -0.0187. The minimum absolute atomic E-state index is 0.135. The number of ether oxygens (including phenoxy) is 1. The fourth-order valence-electron chi connectivity index (χ4n) is 3.35. The Hall–Kier alpha value is -3.16. The first-order valence-corrected chi connectivity index (χ1v) is 9.40. The van der Waals surface area contributed by atoms with Gasteiger partial charge in [0.1, 0.15) is 18.1 Å². The highest BCUT2D eigenvalue weighted by molar-refractivity contribution is 5.92. The summed E-state index contributed by atoms with van der Waals surface area (Å²) in [7, 11) is 0. The molecule has 1 unspecified atom stereocenters. The van der Waals surface area contributed by atoms with Crippen molar-refractivity contribution in [2.45, 2.75) is 38.3 Å². The molecule has 0 spiro atoms. The number of carbonyl (C=O) groups excluding carboxylic acids is 2. The fourth-order valence-corrected chi connectivity index (χ4v) is 3.35. The van der Waals surface area contributed by atoms with Gasteiger partial charge in [0.15, 0.2) is 0 Å². The van der Waals surface area contributed by atoms with Crippen LogP contribution in [0.15, 0.2) is 47.3 Å². The van der Waals surface area contributed by atoms with Crippen molar-refractivity contribution >= 4 is 11.8 Å². The normalized spacial score (nSPS) is 16.6. The first-order chi connectivity index (χ1) is 13.5. The van der Waals surface area contributed by atoms with Gasteiger partial charge in [0.25, 0.3) is 11.5 Å². The van der Waals surface area contributed by atoms with Crippen LogP contribution in [0.25, 0.3) is 0 Å². The van der Waals surface area contributed by atoms with Crippen molar-refractivity contribution < 1.29 is 14.3 Å². The van der Waals surface area contributed by atoms with Crippen molar-refractivity contribution in [2.75, 3.05) is 13.2 Å². The van der Waals surface area contributed by atoms with Crippen LogP contribution >= 0.6 is 0 Å². The van der Waals surface area contributed by atoms with Crippen LogP contribution < -0.4 is 16.0 Å². The minimum Gasteiger partial charge on any atom is -0.492 e. The van der Waals surface area contributed by atoms with Crippen LogP contribution in [-0.4, -0.2) is 45.7 Å². The highest BCUT2D eigenvalue weighted by Crippen LogP contribution is 2.21. The third-order valence-corrected chi connectivity index (χ3v) is 4.73. The second-order valence-corrected chi connectivity index (χ2v) is 6.76. The number of aromatic nitrogens is 2. The van der Waals surface area contributed by atoms with Crippen molar-refractivity contribution in [1.82, 2.24) is 14.7 Å². The Morgan fingerprint density at radius 3 is 2.68 bits per heavy atom. The average Bonchev–Trinajstić information content (AvgIpc) is 2.70. The molecule has 1 atom stereocenters. The molecule has 1 aliphatic rings. The molecule has 1 saturated heterocycles. The second kappa shape index (κ2) is 9.16. The highest BCUT2D eigenvalue weighted by atomic mass is 16.5. The van der Waals surface area contributed by atoms with Crippen LogP contribution in [-0.2, 0) is 11.3 Å². The molecule has 1 aromatic heterocycles. The molecule has 3 rings (SSSR count). The van der Waals surface area contributed by atoms with Crippen molar-refractivity contribution in [1.29, 1.82) is 0 Å². The molecule has 0 aliphatic carbocycles. The van der Waals surface area contributed by atoms with Gasteiger partial charge in [0.05, 0.1) is 6.54 Å². The molecule has 8 nitrogen and oxygen atoms in total. The van der Waals surface area contributed by atoms with Crippen LogP contribution in [0.4, 0.5) is 0 Å². The van der Waals surface area contributed by atoms with Crippen LogP contribution in [0.1, 0.15) is 36.2 Å². The lowest BCUT2D eigenvalue weighted by molar-refractivity contribution is -0.119. The zero-order valence-corrected chi connectivity index (χ0v) is 15.6. The summed E-state index contributed by atoms with van der Waals surface area (Å²) in [6, 6.07) is 11.8. The quantitative estimate of drug-likeness (QED) is 0.772. The first kappa shape index (κ1) is 19.6. The van der Waals surface area contributed by atoms with E-state index in [4.69, 9.17) is 10.5 Å². The Morgan fingerprint density at radius 1 is 1.14 bits per heavy atom. The number of primary amides is 1. The zero-order valence-electron chi connectivity index (χ0n) is 15.6. The SMILES string of the molecule is NC(=O)CC1CCCCN1C(=O)c1ccc(=O)n(CCOc2ccccc2)n1. The molecule has 2 amide bonds. The largest absolute Gasteiger partial charge is 0.492 e.